The number of ether oxygens (including phenoxy) is 2. The zero-order valence-electron chi connectivity index (χ0n) is 12.7. The van der Waals surface area contributed by atoms with Crippen LogP contribution in [0.25, 0.3) is 0 Å². The van der Waals surface area contributed by atoms with Gasteiger partial charge in [0, 0.05) is 20.6 Å². The standard InChI is InChI=1S/C15H32O2/c1-13(2)9-7-10-14(3)11-8-12-15(4,16-5)17-6/h13-14H,7-12H2,1-6H3. The van der Waals surface area contributed by atoms with Gasteiger partial charge in [0.15, 0.2) is 5.79 Å². The SMILES string of the molecule is COC(C)(CCCC(C)CCCC(C)C)OC. The van der Waals surface area contributed by atoms with Crippen LogP contribution in [0.2, 0.25) is 0 Å². The lowest BCUT2D eigenvalue weighted by Crippen LogP contribution is -2.29. The van der Waals surface area contributed by atoms with Crippen LogP contribution in [-0.2, 0) is 9.47 Å². The molecule has 1 atom stereocenters. The zero-order chi connectivity index (χ0) is 13.3. The first-order valence-corrected chi connectivity index (χ1v) is 7.04. The summed E-state index contributed by atoms with van der Waals surface area (Å²) >= 11 is 0. The van der Waals surface area contributed by atoms with Gasteiger partial charge in [-0.05, 0) is 25.2 Å². The molecule has 0 aromatic carbocycles. The maximum Gasteiger partial charge on any atom is 0.164 e. The van der Waals surface area contributed by atoms with E-state index in [0.29, 0.717) is 0 Å². The number of rotatable bonds is 10. The number of hydrogen-bond acceptors (Lipinski definition) is 2. The Kier molecular flexibility index (Phi) is 8.89. The predicted octanol–water partition coefficient (Wildman–Crippen LogP) is 4.63. The van der Waals surface area contributed by atoms with Gasteiger partial charge in [-0.1, -0.05) is 46.5 Å². The fourth-order valence-electron chi connectivity index (χ4n) is 2.08. The fraction of sp³-hybridized carbons (Fsp3) is 1.00. The summed E-state index contributed by atoms with van der Waals surface area (Å²) in [6, 6.07) is 0. The van der Waals surface area contributed by atoms with Crippen LogP contribution < -0.4 is 0 Å². The average Bonchev–Trinajstić information content (AvgIpc) is 2.28. The smallest absolute Gasteiger partial charge is 0.164 e. The van der Waals surface area contributed by atoms with Crippen LogP contribution in [-0.4, -0.2) is 20.0 Å². The van der Waals surface area contributed by atoms with E-state index in [1.807, 2.05) is 6.92 Å². The van der Waals surface area contributed by atoms with Gasteiger partial charge in [-0.3, -0.25) is 0 Å². The van der Waals surface area contributed by atoms with Gasteiger partial charge < -0.3 is 9.47 Å². The number of methoxy groups -OCH3 is 2. The zero-order valence-corrected chi connectivity index (χ0v) is 12.7. The highest BCUT2D eigenvalue weighted by atomic mass is 16.7. The van der Waals surface area contributed by atoms with Gasteiger partial charge in [-0.15, -0.1) is 0 Å². The van der Waals surface area contributed by atoms with Gasteiger partial charge in [-0.2, -0.15) is 0 Å². The normalized spacial score (nSPS) is 14.3. The van der Waals surface area contributed by atoms with Crippen LogP contribution in [0.1, 0.15) is 66.2 Å². The Hall–Kier alpha value is -0.0800. The van der Waals surface area contributed by atoms with E-state index in [1.165, 1.54) is 32.1 Å². The van der Waals surface area contributed by atoms with Crippen molar-refractivity contribution >= 4 is 0 Å². The molecule has 1 unspecified atom stereocenters. The van der Waals surface area contributed by atoms with E-state index >= 15 is 0 Å². The molecule has 0 amide bonds. The molecule has 2 heteroatoms. The van der Waals surface area contributed by atoms with E-state index in [-0.39, 0.29) is 0 Å². The molecule has 0 aliphatic heterocycles. The highest BCUT2D eigenvalue weighted by Gasteiger charge is 2.21. The Morgan fingerprint density at radius 1 is 0.882 bits per heavy atom. The molecular weight excluding hydrogens is 212 g/mol. The lowest BCUT2D eigenvalue weighted by atomic mass is 9.94. The third-order valence-electron chi connectivity index (χ3n) is 3.67. The third-order valence-corrected chi connectivity index (χ3v) is 3.67. The van der Waals surface area contributed by atoms with Gasteiger partial charge in [0.1, 0.15) is 0 Å². The molecule has 0 N–H and O–H groups in total. The molecule has 0 fully saturated rings. The summed E-state index contributed by atoms with van der Waals surface area (Å²) in [7, 11) is 3.44. The van der Waals surface area contributed by atoms with Crippen molar-refractivity contribution in [2.45, 2.75) is 72.0 Å². The van der Waals surface area contributed by atoms with Crippen LogP contribution in [0.5, 0.6) is 0 Å². The van der Waals surface area contributed by atoms with E-state index < -0.39 is 5.79 Å². The molecule has 0 aromatic rings. The van der Waals surface area contributed by atoms with Crippen LogP contribution in [0.4, 0.5) is 0 Å². The van der Waals surface area contributed by atoms with Crippen LogP contribution in [0.15, 0.2) is 0 Å². The summed E-state index contributed by atoms with van der Waals surface area (Å²) in [5.74, 6) is 1.27. The molecule has 0 heterocycles. The Morgan fingerprint density at radius 3 is 1.88 bits per heavy atom. The lowest BCUT2D eigenvalue weighted by Gasteiger charge is -2.26. The molecular formula is C15H32O2. The molecule has 0 bridgehead atoms. The Balaban J connectivity index is 3.60. The van der Waals surface area contributed by atoms with Gasteiger partial charge in [0.25, 0.3) is 0 Å². The molecule has 0 saturated carbocycles. The first kappa shape index (κ1) is 16.9. The quantitative estimate of drug-likeness (QED) is 0.522. The first-order valence-electron chi connectivity index (χ1n) is 7.04. The second kappa shape index (κ2) is 8.93. The predicted molar refractivity (Wildman–Crippen MR) is 74.1 cm³/mol. The third kappa shape index (κ3) is 8.62. The van der Waals surface area contributed by atoms with E-state index in [0.717, 1.165) is 18.3 Å². The lowest BCUT2D eigenvalue weighted by molar-refractivity contribution is -0.198. The Morgan fingerprint density at radius 2 is 1.41 bits per heavy atom. The molecule has 104 valence electrons. The van der Waals surface area contributed by atoms with Gasteiger partial charge in [-0.25, -0.2) is 0 Å². The minimum Gasteiger partial charge on any atom is -0.353 e. The van der Waals surface area contributed by atoms with E-state index in [9.17, 15) is 0 Å². The van der Waals surface area contributed by atoms with E-state index in [1.54, 1.807) is 14.2 Å². The van der Waals surface area contributed by atoms with Gasteiger partial charge in [0.05, 0.1) is 0 Å². The van der Waals surface area contributed by atoms with Crippen molar-refractivity contribution in [1.82, 2.24) is 0 Å². The van der Waals surface area contributed by atoms with E-state index in [4.69, 9.17) is 9.47 Å². The molecule has 0 radical (unpaired) electrons. The molecule has 0 aliphatic rings. The van der Waals surface area contributed by atoms with Crippen molar-refractivity contribution in [1.29, 1.82) is 0 Å². The minimum absolute atomic E-state index is 0.391. The van der Waals surface area contributed by atoms with Crippen LogP contribution >= 0.6 is 0 Å². The average molecular weight is 244 g/mol. The minimum atomic E-state index is -0.391. The summed E-state index contributed by atoms with van der Waals surface area (Å²) in [5.41, 5.74) is 0. The van der Waals surface area contributed by atoms with Crippen LogP contribution in [0.3, 0.4) is 0 Å². The van der Waals surface area contributed by atoms with Crippen molar-refractivity contribution in [3.05, 3.63) is 0 Å². The monoisotopic (exact) mass is 244 g/mol. The topological polar surface area (TPSA) is 18.5 Å². The summed E-state index contributed by atoms with van der Waals surface area (Å²) in [6.07, 6.45) is 7.52. The van der Waals surface area contributed by atoms with Crippen molar-refractivity contribution in [2.24, 2.45) is 11.8 Å². The largest absolute Gasteiger partial charge is 0.353 e. The summed E-state index contributed by atoms with van der Waals surface area (Å²) in [6.45, 7) is 8.97. The summed E-state index contributed by atoms with van der Waals surface area (Å²) in [5, 5.41) is 0. The van der Waals surface area contributed by atoms with Crippen LogP contribution in [0, 0.1) is 11.8 Å². The molecule has 0 rings (SSSR count). The summed E-state index contributed by atoms with van der Waals surface area (Å²) < 4.78 is 10.7. The number of hydrogen-bond donors (Lipinski definition) is 0. The van der Waals surface area contributed by atoms with Crippen molar-refractivity contribution in [3.63, 3.8) is 0 Å². The highest BCUT2D eigenvalue weighted by Crippen LogP contribution is 2.22. The van der Waals surface area contributed by atoms with Gasteiger partial charge >= 0.3 is 0 Å². The second-order valence-corrected chi connectivity index (χ2v) is 5.86. The molecule has 17 heavy (non-hydrogen) atoms. The molecule has 2 nitrogen and oxygen atoms in total. The Labute approximate surface area is 108 Å². The van der Waals surface area contributed by atoms with Gasteiger partial charge in [0.2, 0.25) is 0 Å². The van der Waals surface area contributed by atoms with Crippen molar-refractivity contribution in [2.75, 3.05) is 14.2 Å². The fourth-order valence-corrected chi connectivity index (χ4v) is 2.08. The molecule has 0 spiro atoms. The maximum atomic E-state index is 5.36. The second-order valence-electron chi connectivity index (χ2n) is 5.86. The molecule has 0 aromatic heterocycles. The Bertz CT molecular complexity index is 174. The first-order chi connectivity index (χ1) is 7.93. The molecule has 0 saturated heterocycles. The highest BCUT2D eigenvalue weighted by molar-refractivity contribution is 4.64. The van der Waals surface area contributed by atoms with E-state index in [2.05, 4.69) is 20.8 Å². The van der Waals surface area contributed by atoms with Crippen molar-refractivity contribution in [3.8, 4) is 0 Å². The summed E-state index contributed by atoms with van der Waals surface area (Å²) in [4.78, 5) is 0. The maximum absolute atomic E-state index is 5.36. The molecule has 0 aliphatic carbocycles. The van der Waals surface area contributed by atoms with Crippen molar-refractivity contribution < 1.29 is 9.47 Å².